The van der Waals surface area contributed by atoms with Crippen LogP contribution < -0.4 is 0 Å². The summed E-state index contributed by atoms with van der Waals surface area (Å²) >= 11 is 6.65. The van der Waals surface area contributed by atoms with Crippen molar-refractivity contribution in [3.63, 3.8) is 0 Å². The standard InChI is InChI=1S/C18H17ClN2O5S/c19-12-5-3-11(4-6-12)10-14-16(23)21(18(26)27-14)9-7-15(22)20-8-1-2-13(20)17(24)25/h3-6,10,13H,1-2,7-9H2,(H,24,25)/b14-10-. The predicted octanol–water partition coefficient (Wildman–Crippen LogP) is 2.84. The highest BCUT2D eigenvalue weighted by Gasteiger charge is 2.37. The van der Waals surface area contributed by atoms with E-state index >= 15 is 0 Å². The van der Waals surface area contributed by atoms with Gasteiger partial charge < -0.3 is 10.0 Å². The zero-order valence-corrected chi connectivity index (χ0v) is 15.8. The van der Waals surface area contributed by atoms with E-state index in [1.807, 2.05) is 0 Å². The molecule has 27 heavy (non-hydrogen) atoms. The molecule has 3 rings (SSSR count). The molecule has 0 saturated carbocycles. The number of benzene rings is 1. The first-order chi connectivity index (χ1) is 12.9. The molecule has 2 aliphatic heterocycles. The summed E-state index contributed by atoms with van der Waals surface area (Å²) in [6, 6.07) is 6.02. The van der Waals surface area contributed by atoms with Gasteiger partial charge in [0.2, 0.25) is 5.91 Å². The van der Waals surface area contributed by atoms with Gasteiger partial charge in [-0.15, -0.1) is 0 Å². The molecular formula is C18H17ClN2O5S. The van der Waals surface area contributed by atoms with Crippen LogP contribution in [-0.2, 0) is 14.4 Å². The Kier molecular flexibility index (Phi) is 5.86. The van der Waals surface area contributed by atoms with E-state index in [9.17, 15) is 19.2 Å². The van der Waals surface area contributed by atoms with Crippen LogP contribution in [0.15, 0.2) is 29.2 Å². The summed E-state index contributed by atoms with van der Waals surface area (Å²) in [5.74, 6) is -1.84. The minimum absolute atomic E-state index is 0.0652. The molecule has 9 heteroatoms. The van der Waals surface area contributed by atoms with Crippen LogP contribution in [0, 0.1) is 0 Å². The third-order valence-electron chi connectivity index (χ3n) is 4.45. The van der Waals surface area contributed by atoms with Crippen LogP contribution in [-0.4, -0.2) is 57.1 Å². The van der Waals surface area contributed by atoms with Crippen molar-refractivity contribution in [2.45, 2.75) is 25.3 Å². The van der Waals surface area contributed by atoms with E-state index in [0.717, 1.165) is 22.2 Å². The third-order valence-corrected chi connectivity index (χ3v) is 5.61. The van der Waals surface area contributed by atoms with E-state index in [0.29, 0.717) is 24.4 Å². The van der Waals surface area contributed by atoms with Crippen molar-refractivity contribution in [1.29, 1.82) is 0 Å². The number of carboxylic acids is 1. The highest BCUT2D eigenvalue weighted by Crippen LogP contribution is 2.32. The smallest absolute Gasteiger partial charge is 0.326 e. The second kappa shape index (κ2) is 8.14. The van der Waals surface area contributed by atoms with E-state index in [-0.39, 0.29) is 23.8 Å². The lowest BCUT2D eigenvalue weighted by Gasteiger charge is -2.22. The number of imide groups is 1. The maximum absolute atomic E-state index is 12.5. The zero-order chi connectivity index (χ0) is 19.6. The molecule has 142 valence electrons. The first kappa shape index (κ1) is 19.4. The average Bonchev–Trinajstić information content (AvgIpc) is 3.21. The molecule has 1 N–H and O–H groups in total. The van der Waals surface area contributed by atoms with E-state index in [2.05, 4.69) is 0 Å². The fraction of sp³-hybridized carbons (Fsp3) is 0.333. The van der Waals surface area contributed by atoms with Crippen LogP contribution >= 0.6 is 23.4 Å². The molecule has 0 spiro atoms. The quantitative estimate of drug-likeness (QED) is 0.753. The highest BCUT2D eigenvalue weighted by molar-refractivity contribution is 8.18. The van der Waals surface area contributed by atoms with Crippen LogP contribution in [0.4, 0.5) is 4.79 Å². The summed E-state index contributed by atoms with van der Waals surface area (Å²) < 4.78 is 0. The van der Waals surface area contributed by atoms with Crippen molar-refractivity contribution in [2.24, 2.45) is 0 Å². The van der Waals surface area contributed by atoms with Crippen LogP contribution in [0.25, 0.3) is 6.08 Å². The topological polar surface area (TPSA) is 95.0 Å². The number of likely N-dealkylation sites (tertiary alicyclic amines) is 1. The molecule has 2 heterocycles. The Morgan fingerprint density at radius 3 is 2.63 bits per heavy atom. The Bertz CT molecular complexity index is 824. The first-order valence-electron chi connectivity index (χ1n) is 8.40. The summed E-state index contributed by atoms with van der Waals surface area (Å²) in [6.07, 6.45) is 2.57. The van der Waals surface area contributed by atoms with E-state index in [4.69, 9.17) is 16.7 Å². The summed E-state index contributed by atoms with van der Waals surface area (Å²) in [5.41, 5.74) is 0.738. The number of carbonyl (C=O) groups excluding carboxylic acids is 3. The van der Waals surface area contributed by atoms with Gasteiger partial charge in [0, 0.05) is 24.5 Å². The Balaban J connectivity index is 1.63. The van der Waals surface area contributed by atoms with Crippen molar-refractivity contribution >= 4 is 52.5 Å². The van der Waals surface area contributed by atoms with Crippen molar-refractivity contribution in [3.05, 3.63) is 39.8 Å². The number of carbonyl (C=O) groups is 4. The number of carboxylic acid groups (broad SMARTS) is 1. The minimum Gasteiger partial charge on any atom is -0.480 e. The van der Waals surface area contributed by atoms with E-state index < -0.39 is 23.2 Å². The molecular weight excluding hydrogens is 392 g/mol. The number of hydrogen-bond acceptors (Lipinski definition) is 5. The zero-order valence-electron chi connectivity index (χ0n) is 14.3. The van der Waals surface area contributed by atoms with Gasteiger partial charge in [0.1, 0.15) is 6.04 Å². The number of hydrogen-bond donors (Lipinski definition) is 1. The fourth-order valence-corrected chi connectivity index (χ4v) is 4.07. The van der Waals surface area contributed by atoms with Crippen LogP contribution in [0.2, 0.25) is 5.02 Å². The van der Waals surface area contributed by atoms with Gasteiger partial charge in [-0.1, -0.05) is 23.7 Å². The van der Waals surface area contributed by atoms with Crippen LogP contribution in [0.5, 0.6) is 0 Å². The molecule has 2 fully saturated rings. The number of aliphatic carboxylic acids is 1. The summed E-state index contributed by atoms with van der Waals surface area (Å²) in [4.78, 5) is 50.7. The molecule has 2 saturated heterocycles. The van der Waals surface area contributed by atoms with Crippen LogP contribution in [0.3, 0.4) is 0 Å². The minimum atomic E-state index is -1.03. The molecule has 0 aromatic heterocycles. The SMILES string of the molecule is O=C(O)C1CCCN1C(=O)CCN1C(=O)S/C(=C\c2ccc(Cl)cc2)C1=O. The highest BCUT2D eigenvalue weighted by atomic mass is 35.5. The van der Waals surface area contributed by atoms with Gasteiger partial charge in [-0.05, 0) is 48.4 Å². The molecule has 0 aliphatic carbocycles. The summed E-state index contributed by atoms with van der Waals surface area (Å²) in [5, 5.41) is 9.29. The van der Waals surface area contributed by atoms with E-state index in [1.54, 1.807) is 30.3 Å². The molecule has 1 atom stereocenters. The molecule has 1 unspecified atom stereocenters. The van der Waals surface area contributed by atoms with E-state index in [1.165, 1.54) is 4.90 Å². The summed E-state index contributed by atoms with van der Waals surface area (Å²) in [7, 11) is 0. The molecule has 2 aliphatic rings. The molecule has 3 amide bonds. The van der Waals surface area contributed by atoms with Gasteiger partial charge in [0.25, 0.3) is 11.1 Å². The predicted molar refractivity (Wildman–Crippen MR) is 101 cm³/mol. The molecule has 0 radical (unpaired) electrons. The number of thioether (sulfide) groups is 1. The number of rotatable bonds is 5. The number of nitrogens with zero attached hydrogens (tertiary/aromatic N) is 2. The lowest BCUT2D eigenvalue weighted by Crippen LogP contribution is -2.42. The van der Waals surface area contributed by atoms with Gasteiger partial charge in [-0.25, -0.2) is 4.79 Å². The van der Waals surface area contributed by atoms with Crippen molar-refractivity contribution < 1.29 is 24.3 Å². The molecule has 0 bridgehead atoms. The lowest BCUT2D eigenvalue weighted by molar-refractivity contribution is -0.148. The van der Waals surface area contributed by atoms with Gasteiger partial charge in [0.05, 0.1) is 4.91 Å². The van der Waals surface area contributed by atoms with Crippen molar-refractivity contribution in [2.75, 3.05) is 13.1 Å². The Labute approximate surface area is 164 Å². The van der Waals surface area contributed by atoms with Gasteiger partial charge in [-0.2, -0.15) is 0 Å². The van der Waals surface area contributed by atoms with Crippen molar-refractivity contribution in [1.82, 2.24) is 9.80 Å². The number of amides is 3. The van der Waals surface area contributed by atoms with Gasteiger partial charge in [-0.3, -0.25) is 19.3 Å². The summed E-state index contributed by atoms with van der Waals surface area (Å²) in [6.45, 7) is 0.318. The Hall–Kier alpha value is -2.32. The Morgan fingerprint density at radius 2 is 1.96 bits per heavy atom. The maximum Gasteiger partial charge on any atom is 0.326 e. The second-order valence-electron chi connectivity index (χ2n) is 6.22. The van der Waals surface area contributed by atoms with Crippen molar-refractivity contribution in [3.8, 4) is 0 Å². The van der Waals surface area contributed by atoms with Gasteiger partial charge >= 0.3 is 5.97 Å². The van der Waals surface area contributed by atoms with Crippen LogP contribution in [0.1, 0.15) is 24.8 Å². The maximum atomic E-state index is 12.5. The third kappa shape index (κ3) is 4.33. The monoisotopic (exact) mass is 408 g/mol. The first-order valence-corrected chi connectivity index (χ1v) is 9.59. The molecule has 1 aromatic carbocycles. The normalized spacial score (nSPS) is 21.4. The molecule has 1 aromatic rings. The van der Waals surface area contributed by atoms with Gasteiger partial charge in [0.15, 0.2) is 0 Å². The Morgan fingerprint density at radius 1 is 1.26 bits per heavy atom. The second-order valence-corrected chi connectivity index (χ2v) is 7.65. The number of halogens is 1. The molecule has 7 nitrogen and oxygen atoms in total. The fourth-order valence-electron chi connectivity index (χ4n) is 3.08. The lowest BCUT2D eigenvalue weighted by atomic mass is 10.2. The largest absolute Gasteiger partial charge is 0.480 e. The average molecular weight is 409 g/mol.